The van der Waals surface area contributed by atoms with Gasteiger partial charge < -0.3 is 10.2 Å². The van der Waals surface area contributed by atoms with Gasteiger partial charge in [-0.3, -0.25) is 0 Å². The second-order valence-corrected chi connectivity index (χ2v) is 9.92. The Labute approximate surface area is 170 Å². The first-order valence-corrected chi connectivity index (χ1v) is 11.0. The van der Waals surface area contributed by atoms with Crippen molar-refractivity contribution in [2.45, 2.75) is 47.9 Å². The maximum absolute atomic E-state index is 12.9. The van der Waals surface area contributed by atoms with Crippen LogP contribution < -0.4 is 5.32 Å². The monoisotopic (exact) mass is 438 g/mol. The molecule has 2 aliphatic carbocycles. The second-order valence-electron chi connectivity index (χ2n) is 7.90. The van der Waals surface area contributed by atoms with Crippen molar-refractivity contribution in [1.82, 2.24) is 14.9 Å². The molecule has 1 saturated heterocycles. The van der Waals surface area contributed by atoms with Crippen LogP contribution in [0.2, 0.25) is 0 Å². The number of sulfone groups is 1. The number of amides is 2. The third kappa shape index (κ3) is 2.50. The van der Waals surface area contributed by atoms with Crippen molar-refractivity contribution >= 4 is 21.6 Å². The van der Waals surface area contributed by atoms with Crippen LogP contribution >= 0.6 is 0 Å². The Bertz CT molecular complexity index is 1100. The van der Waals surface area contributed by atoms with Crippen molar-refractivity contribution < 1.29 is 26.4 Å². The van der Waals surface area contributed by atoms with E-state index in [-0.39, 0.29) is 22.9 Å². The number of anilines is 1. The van der Waals surface area contributed by atoms with Crippen LogP contribution in [0.15, 0.2) is 47.9 Å². The van der Waals surface area contributed by atoms with Gasteiger partial charge in [0, 0.05) is 35.6 Å². The first kappa shape index (κ1) is 19.3. The number of carbonyl (C=O) groups is 1. The molecule has 2 amide bonds. The SMILES string of the molecule is O=C(Nc1ccc(C(F)(F)F)cc1)N1C2CC[C@@]23C1CC3S(=O)(=O)c1ncccn1. The second kappa shape index (κ2) is 6.16. The summed E-state index contributed by atoms with van der Waals surface area (Å²) < 4.78 is 63.9. The molecule has 3 fully saturated rings. The Morgan fingerprint density at radius 1 is 1.13 bits per heavy atom. The number of halogens is 3. The van der Waals surface area contributed by atoms with E-state index in [1.807, 2.05) is 0 Å². The molecular weight excluding hydrogens is 421 g/mol. The Balaban J connectivity index is 1.29. The van der Waals surface area contributed by atoms with Crippen LogP contribution in [0.3, 0.4) is 0 Å². The molecule has 1 aliphatic heterocycles. The molecule has 1 aromatic heterocycles. The average molecular weight is 438 g/mol. The highest BCUT2D eigenvalue weighted by Crippen LogP contribution is 2.70. The van der Waals surface area contributed by atoms with E-state index >= 15 is 0 Å². The van der Waals surface area contributed by atoms with Gasteiger partial charge in [0.05, 0.1) is 10.8 Å². The number of alkyl halides is 3. The molecule has 2 aromatic rings. The summed E-state index contributed by atoms with van der Waals surface area (Å²) in [5.41, 5.74) is -1.00. The van der Waals surface area contributed by atoms with E-state index in [2.05, 4.69) is 15.3 Å². The van der Waals surface area contributed by atoms with Crippen molar-refractivity contribution in [2.24, 2.45) is 5.41 Å². The molecule has 7 nitrogen and oxygen atoms in total. The van der Waals surface area contributed by atoms with Gasteiger partial charge in [-0.2, -0.15) is 13.2 Å². The lowest BCUT2D eigenvalue weighted by Crippen LogP contribution is -2.89. The molecule has 30 heavy (non-hydrogen) atoms. The third-order valence-corrected chi connectivity index (χ3v) is 8.77. The van der Waals surface area contributed by atoms with Crippen LogP contribution in [0.25, 0.3) is 0 Å². The van der Waals surface area contributed by atoms with Gasteiger partial charge in [-0.1, -0.05) is 0 Å². The fraction of sp³-hybridized carbons (Fsp3) is 0.421. The zero-order valence-corrected chi connectivity index (χ0v) is 16.3. The largest absolute Gasteiger partial charge is 0.416 e. The summed E-state index contributed by atoms with van der Waals surface area (Å²) in [6.45, 7) is 0. The molecule has 2 heterocycles. The highest BCUT2D eigenvalue weighted by molar-refractivity contribution is 7.92. The van der Waals surface area contributed by atoms with Crippen molar-refractivity contribution in [2.75, 3.05) is 5.32 Å². The minimum absolute atomic E-state index is 0.193. The lowest BCUT2D eigenvalue weighted by atomic mass is 9.42. The molecule has 0 bridgehead atoms. The van der Waals surface area contributed by atoms with Gasteiger partial charge in [0.2, 0.25) is 15.0 Å². The minimum atomic E-state index is -4.44. The van der Waals surface area contributed by atoms with Gasteiger partial charge >= 0.3 is 12.2 Å². The van der Waals surface area contributed by atoms with Crippen molar-refractivity contribution in [3.05, 3.63) is 48.3 Å². The van der Waals surface area contributed by atoms with E-state index in [9.17, 15) is 26.4 Å². The highest BCUT2D eigenvalue weighted by Gasteiger charge is 2.79. The van der Waals surface area contributed by atoms with Gasteiger partial charge in [-0.15, -0.1) is 0 Å². The van der Waals surface area contributed by atoms with Gasteiger partial charge in [0.15, 0.2) is 0 Å². The number of carbonyl (C=O) groups excluding carboxylic acids is 1. The number of nitrogens with zero attached hydrogens (tertiary/aromatic N) is 3. The van der Waals surface area contributed by atoms with E-state index in [0.717, 1.165) is 12.1 Å². The van der Waals surface area contributed by atoms with Crippen molar-refractivity contribution in [1.29, 1.82) is 0 Å². The normalized spacial score (nSPS) is 29.6. The first-order chi connectivity index (χ1) is 14.2. The first-order valence-electron chi connectivity index (χ1n) is 9.43. The summed E-state index contributed by atoms with van der Waals surface area (Å²) >= 11 is 0. The fourth-order valence-corrected chi connectivity index (χ4v) is 7.28. The van der Waals surface area contributed by atoms with Crippen LogP contribution in [0, 0.1) is 5.41 Å². The van der Waals surface area contributed by atoms with E-state index in [0.29, 0.717) is 19.3 Å². The van der Waals surface area contributed by atoms with E-state index in [1.165, 1.54) is 24.5 Å². The molecule has 1 aromatic carbocycles. The summed E-state index contributed by atoms with van der Waals surface area (Å²) in [5, 5.41) is 1.81. The molecule has 3 aliphatic rings. The number of nitrogens with one attached hydrogen (secondary N) is 1. The lowest BCUT2D eigenvalue weighted by Gasteiger charge is -2.78. The van der Waals surface area contributed by atoms with Crippen molar-refractivity contribution in [3.63, 3.8) is 0 Å². The topological polar surface area (TPSA) is 92.3 Å². The van der Waals surface area contributed by atoms with E-state index < -0.39 is 38.3 Å². The van der Waals surface area contributed by atoms with Crippen LogP contribution in [0.1, 0.15) is 24.8 Å². The number of benzene rings is 1. The Hall–Kier alpha value is -2.69. The number of piperidine rings is 2. The van der Waals surface area contributed by atoms with Crippen molar-refractivity contribution in [3.8, 4) is 0 Å². The molecule has 1 N–H and O–H groups in total. The van der Waals surface area contributed by atoms with Crippen LogP contribution in [0.5, 0.6) is 0 Å². The summed E-state index contributed by atoms with van der Waals surface area (Å²) in [4.78, 5) is 22.1. The van der Waals surface area contributed by atoms with Gasteiger partial charge in [-0.05, 0) is 49.6 Å². The van der Waals surface area contributed by atoms with Gasteiger partial charge in [-0.25, -0.2) is 23.2 Å². The zero-order chi connectivity index (χ0) is 21.3. The number of aromatic nitrogens is 2. The molecule has 2 saturated carbocycles. The van der Waals surface area contributed by atoms with Crippen LogP contribution in [-0.2, 0) is 16.0 Å². The third-order valence-electron chi connectivity index (χ3n) is 6.67. The number of rotatable bonds is 3. The molecule has 4 atom stereocenters. The molecule has 158 valence electrons. The lowest BCUT2D eigenvalue weighted by molar-refractivity contribution is -0.231. The molecule has 1 spiro atoms. The predicted octanol–water partition coefficient (Wildman–Crippen LogP) is 3.11. The molecule has 0 radical (unpaired) electrons. The van der Waals surface area contributed by atoms with Crippen LogP contribution in [0.4, 0.5) is 23.7 Å². The van der Waals surface area contributed by atoms with E-state index in [1.54, 1.807) is 11.0 Å². The summed E-state index contributed by atoms with van der Waals surface area (Å²) in [5.74, 6) is 0. The number of urea groups is 1. The average Bonchev–Trinajstić information content (AvgIpc) is 2.66. The maximum atomic E-state index is 12.9. The smallest absolute Gasteiger partial charge is 0.317 e. The summed E-state index contributed by atoms with van der Waals surface area (Å²) in [6, 6.07) is 4.94. The predicted molar refractivity (Wildman–Crippen MR) is 99.2 cm³/mol. The minimum Gasteiger partial charge on any atom is -0.317 e. The maximum Gasteiger partial charge on any atom is 0.416 e. The summed E-state index contributed by atoms with van der Waals surface area (Å²) in [7, 11) is -3.69. The summed E-state index contributed by atoms with van der Waals surface area (Å²) in [6.07, 6.45) is 0.0345. The van der Waals surface area contributed by atoms with Gasteiger partial charge in [0.25, 0.3) is 0 Å². The quantitative estimate of drug-likeness (QED) is 0.744. The Morgan fingerprint density at radius 3 is 2.33 bits per heavy atom. The van der Waals surface area contributed by atoms with Crippen LogP contribution in [-0.4, -0.2) is 46.7 Å². The Morgan fingerprint density at radius 2 is 1.80 bits per heavy atom. The number of hydrogen-bond acceptors (Lipinski definition) is 5. The number of likely N-dealkylation sites (tertiary alicyclic amines) is 1. The number of hydrogen-bond donors (Lipinski definition) is 1. The van der Waals surface area contributed by atoms with Gasteiger partial charge in [0.1, 0.15) is 0 Å². The molecule has 11 heteroatoms. The highest BCUT2D eigenvalue weighted by atomic mass is 32.2. The van der Waals surface area contributed by atoms with E-state index in [4.69, 9.17) is 0 Å². The zero-order valence-electron chi connectivity index (χ0n) is 15.5. The standard InChI is InChI=1S/C19H17F3N4O3S/c20-19(21,22)11-2-4-12(5-3-11)25-17(27)26-13-6-7-18(13)14(26)10-15(18)30(28,29)16-23-8-1-9-24-16/h1-5,8-9,13-15H,6-7,10H2,(H,25,27)/t13?,14?,15?,18-/m0/s1. The molecule has 5 rings (SSSR count). The molecule has 3 unspecified atom stereocenters. The molecular formula is C19H17F3N4O3S. The fourth-order valence-electron chi connectivity index (χ4n) is 5.16. The Kier molecular flexibility index (Phi) is 3.96.